The van der Waals surface area contributed by atoms with E-state index in [-0.39, 0.29) is 0 Å². The largest absolute Gasteiger partial charge is 0.0682 e. The van der Waals surface area contributed by atoms with Gasteiger partial charge in [0.1, 0.15) is 0 Å². The quantitative estimate of drug-likeness (QED) is 0.586. The van der Waals surface area contributed by atoms with E-state index >= 15 is 0 Å². The number of hydrogen-bond donors (Lipinski definition) is 0. The van der Waals surface area contributed by atoms with Gasteiger partial charge < -0.3 is 0 Å². The van der Waals surface area contributed by atoms with Crippen molar-refractivity contribution in [1.29, 1.82) is 0 Å². The molecule has 11 heavy (non-hydrogen) atoms. The summed E-state index contributed by atoms with van der Waals surface area (Å²) in [6, 6.07) is 8.83. The van der Waals surface area contributed by atoms with Crippen molar-refractivity contribution in [3.05, 3.63) is 29.8 Å². The summed E-state index contributed by atoms with van der Waals surface area (Å²) in [4.78, 5) is 0. The Bertz CT molecular complexity index is 228. The van der Waals surface area contributed by atoms with Crippen LogP contribution in [0, 0.1) is 0 Å². The average molecular weight is 164 g/mol. The van der Waals surface area contributed by atoms with Gasteiger partial charge in [0.25, 0.3) is 0 Å². The van der Waals surface area contributed by atoms with Crippen LogP contribution in [0.1, 0.15) is 12.5 Å². The van der Waals surface area contributed by atoms with E-state index < -0.39 is 8.80 Å². The first kappa shape index (κ1) is 8.53. The third kappa shape index (κ3) is 1.93. The molecule has 0 fully saturated rings. The van der Waals surface area contributed by atoms with Crippen molar-refractivity contribution < 1.29 is 0 Å². The van der Waals surface area contributed by atoms with E-state index in [9.17, 15) is 0 Å². The number of rotatable bonds is 2. The molecule has 0 nitrogen and oxygen atoms in total. The summed E-state index contributed by atoms with van der Waals surface area (Å²) >= 11 is 0. The van der Waals surface area contributed by atoms with Crippen molar-refractivity contribution in [2.24, 2.45) is 0 Å². The van der Waals surface area contributed by atoms with Crippen molar-refractivity contribution in [3.8, 4) is 0 Å². The third-order valence-electron chi connectivity index (χ3n) is 2.06. The Morgan fingerprint density at radius 2 is 1.82 bits per heavy atom. The Morgan fingerprint density at radius 3 is 2.27 bits per heavy atom. The predicted octanol–water partition coefficient (Wildman–Crippen LogP) is 1.94. The lowest BCUT2D eigenvalue weighted by atomic mass is 10.2. The molecule has 60 valence electrons. The summed E-state index contributed by atoms with van der Waals surface area (Å²) in [5.74, 6) is 0. The Hall–Kier alpha value is -0.563. The molecule has 0 N–H and O–H groups in total. The van der Waals surface area contributed by atoms with Crippen molar-refractivity contribution in [2.45, 2.75) is 26.4 Å². The molecule has 1 aromatic rings. The molecule has 1 heteroatoms. The molecule has 0 spiro atoms. The minimum atomic E-state index is -0.586. The van der Waals surface area contributed by atoms with E-state index in [0.717, 1.165) is 0 Å². The normalized spacial score (nSPS) is 10.5. The molecule has 1 rings (SSSR count). The fourth-order valence-electron chi connectivity index (χ4n) is 1.42. The molecular formula is C10H16Si. The van der Waals surface area contributed by atoms with Crippen LogP contribution in [0.25, 0.3) is 0 Å². The molecule has 1 aromatic carbocycles. The molecule has 0 bridgehead atoms. The van der Waals surface area contributed by atoms with E-state index in [2.05, 4.69) is 44.3 Å². The minimum Gasteiger partial charge on any atom is -0.0682 e. The van der Waals surface area contributed by atoms with Crippen LogP contribution in [0.3, 0.4) is 0 Å². The molecule has 0 unspecified atom stereocenters. The molecular weight excluding hydrogens is 148 g/mol. The second kappa shape index (κ2) is 3.72. The van der Waals surface area contributed by atoms with Gasteiger partial charge in [-0.15, -0.1) is 0 Å². The summed E-state index contributed by atoms with van der Waals surface area (Å²) in [6.45, 7) is 7.00. The summed E-state index contributed by atoms with van der Waals surface area (Å²) in [6.07, 6.45) is 1.18. The number of hydrogen-bond acceptors (Lipinski definition) is 0. The van der Waals surface area contributed by atoms with Crippen LogP contribution in [0.4, 0.5) is 0 Å². The summed E-state index contributed by atoms with van der Waals surface area (Å²) in [5, 5.41) is 1.63. The van der Waals surface area contributed by atoms with Crippen LogP contribution in [-0.2, 0) is 6.42 Å². The van der Waals surface area contributed by atoms with Gasteiger partial charge in [0, 0.05) is 0 Å². The van der Waals surface area contributed by atoms with Crippen LogP contribution in [0.15, 0.2) is 24.3 Å². The van der Waals surface area contributed by atoms with Gasteiger partial charge in [0.05, 0.1) is 8.80 Å². The summed E-state index contributed by atoms with van der Waals surface area (Å²) in [7, 11) is -0.586. The van der Waals surface area contributed by atoms with Gasteiger partial charge in [-0.1, -0.05) is 49.5 Å². The average Bonchev–Trinajstić information content (AvgIpc) is 2.04. The fraction of sp³-hybridized carbons (Fsp3) is 0.400. The van der Waals surface area contributed by atoms with Gasteiger partial charge in [0.15, 0.2) is 0 Å². The minimum absolute atomic E-state index is 0.586. The predicted molar refractivity (Wildman–Crippen MR) is 54.3 cm³/mol. The highest BCUT2D eigenvalue weighted by Gasteiger charge is 2.03. The third-order valence-corrected chi connectivity index (χ3v) is 3.87. The molecule has 0 saturated heterocycles. The molecule has 0 amide bonds. The van der Waals surface area contributed by atoms with Crippen molar-refractivity contribution in [3.63, 3.8) is 0 Å². The van der Waals surface area contributed by atoms with Gasteiger partial charge in [-0.25, -0.2) is 0 Å². The molecule has 0 heterocycles. The monoisotopic (exact) mass is 164 g/mol. The van der Waals surface area contributed by atoms with Crippen molar-refractivity contribution in [2.75, 3.05) is 0 Å². The van der Waals surface area contributed by atoms with Crippen LogP contribution >= 0.6 is 0 Å². The highest BCUT2D eigenvalue weighted by molar-refractivity contribution is 6.71. The highest BCUT2D eigenvalue weighted by Crippen LogP contribution is 1.98. The van der Waals surface area contributed by atoms with Gasteiger partial charge >= 0.3 is 0 Å². The zero-order valence-electron chi connectivity index (χ0n) is 7.59. The summed E-state index contributed by atoms with van der Waals surface area (Å²) in [5.41, 5.74) is 1.55. The van der Waals surface area contributed by atoms with E-state index in [1.165, 1.54) is 6.42 Å². The Kier molecular flexibility index (Phi) is 2.89. The van der Waals surface area contributed by atoms with Gasteiger partial charge in [0.2, 0.25) is 0 Å². The van der Waals surface area contributed by atoms with Crippen molar-refractivity contribution >= 4 is 14.0 Å². The van der Waals surface area contributed by atoms with Crippen LogP contribution in [0.2, 0.25) is 13.1 Å². The van der Waals surface area contributed by atoms with Crippen LogP contribution in [0.5, 0.6) is 0 Å². The van der Waals surface area contributed by atoms with E-state index in [4.69, 9.17) is 0 Å². The maximum absolute atomic E-state index is 2.38. The highest BCUT2D eigenvalue weighted by atomic mass is 28.3. The molecule has 0 aliphatic rings. The molecule has 0 saturated carbocycles. The number of aryl methyl sites for hydroxylation is 1. The zero-order valence-corrected chi connectivity index (χ0v) is 8.75. The van der Waals surface area contributed by atoms with Gasteiger partial charge in [-0.3, -0.25) is 0 Å². The Labute approximate surface area is 70.9 Å². The zero-order chi connectivity index (χ0) is 8.27. The van der Waals surface area contributed by atoms with E-state index in [0.29, 0.717) is 0 Å². The maximum atomic E-state index is 2.38. The summed E-state index contributed by atoms with van der Waals surface area (Å²) < 4.78 is 0. The molecule has 0 atom stereocenters. The fourth-order valence-corrected chi connectivity index (χ4v) is 2.96. The van der Waals surface area contributed by atoms with Crippen molar-refractivity contribution in [1.82, 2.24) is 0 Å². The molecule has 0 aromatic heterocycles. The van der Waals surface area contributed by atoms with Gasteiger partial charge in [-0.2, -0.15) is 0 Å². The standard InChI is InChI=1S/C10H16Si/c1-4-9-7-5-6-8-10(9)11(2)3/h5-8,11H,4H2,1-3H3. The number of benzene rings is 1. The first-order valence-corrected chi connectivity index (χ1v) is 7.22. The SMILES string of the molecule is CCc1ccccc1[SiH](C)C. The lowest BCUT2D eigenvalue weighted by molar-refractivity contribution is 1.15. The lowest BCUT2D eigenvalue weighted by Gasteiger charge is -2.08. The second-order valence-electron chi connectivity index (χ2n) is 3.21. The smallest absolute Gasteiger partial charge is 0.0650 e. The van der Waals surface area contributed by atoms with Gasteiger partial charge in [-0.05, 0) is 12.0 Å². The maximum Gasteiger partial charge on any atom is 0.0650 e. The van der Waals surface area contributed by atoms with E-state index in [1.54, 1.807) is 10.8 Å². The first-order chi connectivity index (χ1) is 5.25. The van der Waals surface area contributed by atoms with Crippen LogP contribution < -0.4 is 5.19 Å². The first-order valence-electron chi connectivity index (χ1n) is 4.33. The van der Waals surface area contributed by atoms with Crippen LogP contribution in [-0.4, -0.2) is 8.80 Å². The topological polar surface area (TPSA) is 0 Å². The Balaban J connectivity index is 3.02. The second-order valence-corrected chi connectivity index (χ2v) is 6.14. The Morgan fingerprint density at radius 1 is 1.18 bits per heavy atom. The molecule has 0 aliphatic heterocycles. The van der Waals surface area contributed by atoms with E-state index in [1.807, 2.05) is 0 Å². The molecule has 0 aliphatic carbocycles. The molecule has 0 radical (unpaired) electrons. The lowest BCUT2D eigenvalue weighted by Crippen LogP contribution is -2.26.